The Morgan fingerprint density at radius 3 is 2.47 bits per heavy atom. The molecule has 1 aromatic heterocycles. The second-order valence-corrected chi connectivity index (χ2v) is 9.64. The molecule has 0 spiro atoms. The van der Waals surface area contributed by atoms with Gasteiger partial charge in [0.25, 0.3) is 0 Å². The van der Waals surface area contributed by atoms with Crippen LogP contribution in [-0.4, -0.2) is 34.3 Å². The zero-order valence-electron chi connectivity index (χ0n) is 19.2. The van der Waals surface area contributed by atoms with Crippen LogP contribution in [0.2, 0.25) is 5.02 Å². The van der Waals surface area contributed by atoms with Crippen molar-refractivity contribution in [3.05, 3.63) is 71.4 Å². The molecule has 0 radical (unpaired) electrons. The maximum absolute atomic E-state index is 13.8. The number of carbonyl (C=O) groups excluding carboxylic acids is 1. The Bertz CT molecular complexity index is 1200. The Kier molecular flexibility index (Phi) is 6.75. The van der Waals surface area contributed by atoms with Gasteiger partial charge in [0.1, 0.15) is 29.2 Å². The number of halogens is 3. The SMILES string of the molecule is CC(C)(C)OC(=O)N1CCC[C@H]1Nc1ncc(-c2ccc(F)cc2)cc1-c1ccc(F)c(Cl)c1. The highest BCUT2D eigenvalue weighted by atomic mass is 35.5. The summed E-state index contributed by atoms with van der Waals surface area (Å²) >= 11 is 6.06. The fourth-order valence-electron chi connectivity index (χ4n) is 3.88. The third kappa shape index (κ3) is 5.47. The zero-order chi connectivity index (χ0) is 24.5. The minimum Gasteiger partial charge on any atom is -0.444 e. The second-order valence-electron chi connectivity index (χ2n) is 9.23. The Labute approximate surface area is 202 Å². The maximum Gasteiger partial charge on any atom is 0.411 e. The molecule has 0 aliphatic carbocycles. The van der Waals surface area contributed by atoms with Gasteiger partial charge in [-0.25, -0.2) is 18.6 Å². The number of benzene rings is 2. The van der Waals surface area contributed by atoms with Gasteiger partial charge in [-0.3, -0.25) is 4.90 Å². The number of nitrogens with one attached hydrogen (secondary N) is 1. The molecule has 8 heteroatoms. The van der Waals surface area contributed by atoms with Gasteiger partial charge in [0.05, 0.1) is 5.02 Å². The number of nitrogens with zero attached hydrogens (tertiary/aromatic N) is 2. The first-order valence-corrected chi connectivity index (χ1v) is 11.5. The summed E-state index contributed by atoms with van der Waals surface area (Å²) in [5.41, 5.74) is 2.28. The molecule has 0 saturated carbocycles. The van der Waals surface area contributed by atoms with Crippen LogP contribution in [0, 0.1) is 11.6 Å². The van der Waals surface area contributed by atoms with Crippen molar-refractivity contribution in [1.29, 1.82) is 0 Å². The molecule has 3 aromatic rings. The van der Waals surface area contributed by atoms with Crippen molar-refractivity contribution in [2.45, 2.75) is 45.4 Å². The van der Waals surface area contributed by atoms with Gasteiger partial charge in [-0.05, 0) is 75.1 Å². The fourth-order valence-corrected chi connectivity index (χ4v) is 4.06. The van der Waals surface area contributed by atoms with E-state index in [4.69, 9.17) is 16.3 Å². The number of hydrogen-bond acceptors (Lipinski definition) is 4. The number of hydrogen-bond donors (Lipinski definition) is 1. The molecule has 4 rings (SSSR count). The van der Waals surface area contributed by atoms with Crippen LogP contribution in [0.3, 0.4) is 0 Å². The number of aromatic nitrogens is 1. The van der Waals surface area contributed by atoms with Crippen molar-refractivity contribution >= 4 is 23.5 Å². The van der Waals surface area contributed by atoms with E-state index in [2.05, 4.69) is 10.3 Å². The molecule has 34 heavy (non-hydrogen) atoms. The standard InChI is InChI=1S/C26H26ClF2N3O2/c1-26(2,3)34-25(33)32-12-4-5-23(32)31-24-20(17-8-11-22(29)21(27)14-17)13-18(15-30-24)16-6-9-19(28)10-7-16/h6-11,13-15,23H,4-5,12H2,1-3H3,(H,30,31)/t23-/m0/s1. The number of amides is 1. The minimum absolute atomic E-state index is 0.00752. The summed E-state index contributed by atoms with van der Waals surface area (Å²) in [6, 6.07) is 12.4. The first-order valence-electron chi connectivity index (χ1n) is 11.1. The molecule has 1 atom stereocenters. The molecule has 0 bridgehead atoms. The molecule has 5 nitrogen and oxygen atoms in total. The molecule has 1 aliphatic rings. The summed E-state index contributed by atoms with van der Waals surface area (Å²) in [6.07, 6.45) is 2.52. The van der Waals surface area contributed by atoms with Gasteiger partial charge in [-0.1, -0.05) is 29.8 Å². The van der Waals surface area contributed by atoms with E-state index < -0.39 is 17.5 Å². The molecule has 1 amide bonds. The molecule has 2 heterocycles. The van der Waals surface area contributed by atoms with Crippen molar-refractivity contribution in [3.63, 3.8) is 0 Å². The molecule has 178 valence electrons. The molecular weight excluding hydrogens is 460 g/mol. The van der Waals surface area contributed by atoms with Crippen molar-refractivity contribution in [2.24, 2.45) is 0 Å². The summed E-state index contributed by atoms with van der Waals surface area (Å²) in [4.78, 5) is 19.0. The van der Waals surface area contributed by atoms with E-state index in [-0.39, 0.29) is 17.0 Å². The Morgan fingerprint density at radius 2 is 1.79 bits per heavy atom. The lowest BCUT2D eigenvalue weighted by Crippen LogP contribution is -2.43. The molecule has 1 N–H and O–H groups in total. The van der Waals surface area contributed by atoms with Gasteiger partial charge in [0, 0.05) is 23.9 Å². The van der Waals surface area contributed by atoms with Gasteiger partial charge in [0.15, 0.2) is 0 Å². The van der Waals surface area contributed by atoms with E-state index >= 15 is 0 Å². The van der Waals surface area contributed by atoms with Crippen LogP contribution in [0.15, 0.2) is 54.7 Å². The molecule has 1 aliphatic heterocycles. The summed E-state index contributed by atoms with van der Waals surface area (Å²) in [5, 5.41) is 3.36. The highest BCUT2D eigenvalue weighted by Gasteiger charge is 2.33. The van der Waals surface area contributed by atoms with E-state index in [9.17, 15) is 13.6 Å². The van der Waals surface area contributed by atoms with E-state index in [0.717, 1.165) is 24.0 Å². The smallest absolute Gasteiger partial charge is 0.411 e. The second kappa shape index (κ2) is 9.58. The third-order valence-electron chi connectivity index (χ3n) is 5.48. The lowest BCUT2D eigenvalue weighted by Gasteiger charge is -2.29. The van der Waals surface area contributed by atoms with E-state index in [1.54, 1.807) is 29.3 Å². The van der Waals surface area contributed by atoms with Crippen LogP contribution in [0.4, 0.5) is 19.4 Å². The van der Waals surface area contributed by atoms with Crippen molar-refractivity contribution in [1.82, 2.24) is 9.88 Å². The number of pyridine rings is 1. The van der Waals surface area contributed by atoms with E-state index in [0.29, 0.717) is 23.5 Å². The van der Waals surface area contributed by atoms with E-state index in [1.165, 1.54) is 24.3 Å². The molecule has 0 unspecified atom stereocenters. The quantitative estimate of drug-likeness (QED) is 0.427. The highest BCUT2D eigenvalue weighted by molar-refractivity contribution is 6.31. The monoisotopic (exact) mass is 485 g/mol. The highest BCUT2D eigenvalue weighted by Crippen LogP contribution is 2.34. The summed E-state index contributed by atoms with van der Waals surface area (Å²) < 4.78 is 32.8. The van der Waals surface area contributed by atoms with Gasteiger partial charge in [0.2, 0.25) is 0 Å². The largest absolute Gasteiger partial charge is 0.444 e. The Balaban J connectivity index is 1.70. The number of likely N-dealkylation sites (tertiary alicyclic amines) is 1. The lowest BCUT2D eigenvalue weighted by atomic mass is 10.0. The predicted octanol–water partition coefficient (Wildman–Crippen LogP) is 7.12. The fraction of sp³-hybridized carbons (Fsp3) is 0.308. The van der Waals surface area contributed by atoms with Crippen molar-refractivity contribution in [2.75, 3.05) is 11.9 Å². The Hall–Kier alpha value is -3.19. The van der Waals surface area contributed by atoms with Crippen LogP contribution in [0.5, 0.6) is 0 Å². The number of ether oxygens (including phenoxy) is 1. The number of anilines is 1. The number of carbonyl (C=O) groups is 1. The van der Waals surface area contributed by atoms with Crippen LogP contribution in [-0.2, 0) is 4.74 Å². The molecule has 1 saturated heterocycles. The molecular formula is C26H26ClF2N3O2. The van der Waals surface area contributed by atoms with Gasteiger partial charge in [-0.15, -0.1) is 0 Å². The van der Waals surface area contributed by atoms with Crippen molar-refractivity contribution < 1.29 is 18.3 Å². The van der Waals surface area contributed by atoms with Gasteiger partial charge in [-0.2, -0.15) is 0 Å². The average Bonchev–Trinajstić information content (AvgIpc) is 3.24. The molecule has 2 aromatic carbocycles. The molecule has 1 fully saturated rings. The van der Waals surface area contributed by atoms with Crippen LogP contribution < -0.4 is 5.32 Å². The number of rotatable bonds is 4. The van der Waals surface area contributed by atoms with Crippen LogP contribution in [0.1, 0.15) is 33.6 Å². The van der Waals surface area contributed by atoms with Crippen LogP contribution in [0.25, 0.3) is 22.3 Å². The normalized spacial score (nSPS) is 15.9. The van der Waals surface area contributed by atoms with E-state index in [1.807, 2.05) is 26.8 Å². The summed E-state index contributed by atoms with van der Waals surface area (Å²) in [5.74, 6) is -0.326. The van der Waals surface area contributed by atoms with Crippen LogP contribution >= 0.6 is 11.6 Å². The van der Waals surface area contributed by atoms with Crippen molar-refractivity contribution in [3.8, 4) is 22.3 Å². The van der Waals surface area contributed by atoms with Gasteiger partial charge >= 0.3 is 6.09 Å². The Morgan fingerprint density at radius 1 is 1.09 bits per heavy atom. The predicted molar refractivity (Wildman–Crippen MR) is 130 cm³/mol. The first kappa shape index (κ1) is 24.0. The lowest BCUT2D eigenvalue weighted by molar-refractivity contribution is 0.0244. The first-order chi connectivity index (χ1) is 16.1. The minimum atomic E-state index is -0.602. The topological polar surface area (TPSA) is 54.5 Å². The summed E-state index contributed by atoms with van der Waals surface area (Å²) in [7, 11) is 0. The zero-order valence-corrected chi connectivity index (χ0v) is 20.0. The van der Waals surface area contributed by atoms with Gasteiger partial charge < -0.3 is 10.1 Å². The third-order valence-corrected chi connectivity index (χ3v) is 5.77. The average molecular weight is 486 g/mol. The maximum atomic E-state index is 13.8. The summed E-state index contributed by atoms with van der Waals surface area (Å²) in [6.45, 7) is 6.05.